The van der Waals surface area contributed by atoms with Gasteiger partial charge in [0.2, 0.25) is 0 Å². The van der Waals surface area contributed by atoms with Gasteiger partial charge in [-0.05, 0) is 53.7 Å². The molecule has 0 radical (unpaired) electrons. The topological polar surface area (TPSA) is 71.6 Å². The van der Waals surface area contributed by atoms with E-state index in [0.717, 1.165) is 11.1 Å². The van der Waals surface area contributed by atoms with Crippen LogP contribution in [0.15, 0.2) is 48.5 Å². The number of hydrogen-bond donors (Lipinski definition) is 3. The average molecular weight is 389 g/mol. The summed E-state index contributed by atoms with van der Waals surface area (Å²) in [6.45, 7) is 0.406. The number of carbonyl (C=O) groups excluding carboxylic acids is 1. The van der Waals surface area contributed by atoms with Gasteiger partial charge in [-0.2, -0.15) is 0 Å². The highest BCUT2D eigenvalue weighted by Gasteiger charge is 2.03. The van der Waals surface area contributed by atoms with Crippen LogP contribution in [0.4, 0.5) is 4.39 Å². The van der Waals surface area contributed by atoms with E-state index < -0.39 is 0 Å². The van der Waals surface area contributed by atoms with Crippen LogP contribution in [-0.4, -0.2) is 25.2 Å². The van der Waals surface area contributed by atoms with Crippen LogP contribution in [0.3, 0.4) is 0 Å². The zero-order valence-corrected chi connectivity index (χ0v) is 15.7. The number of thiocarbonyl (C=S) groups is 1. The molecule has 2 aromatic carbocycles. The minimum absolute atomic E-state index is 0.243. The fourth-order valence-electron chi connectivity index (χ4n) is 2.12. The molecule has 6 nitrogen and oxygen atoms in total. The highest BCUT2D eigenvalue weighted by molar-refractivity contribution is 7.80. The molecule has 8 heteroatoms. The average Bonchev–Trinajstić information content (AvgIpc) is 2.69. The molecule has 2 aromatic rings. The molecule has 3 N–H and O–H groups in total. The van der Waals surface area contributed by atoms with E-state index in [-0.39, 0.29) is 16.8 Å². The van der Waals surface area contributed by atoms with Gasteiger partial charge in [0.25, 0.3) is 5.91 Å². The van der Waals surface area contributed by atoms with Crippen molar-refractivity contribution in [2.45, 2.75) is 6.54 Å². The first kappa shape index (κ1) is 20.2. The molecule has 0 fully saturated rings. The van der Waals surface area contributed by atoms with Crippen LogP contribution < -0.4 is 25.6 Å². The molecular formula is C19H20FN3O3S. The first-order chi connectivity index (χ1) is 13.0. The van der Waals surface area contributed by atoms with E-state index in [1.807, 2.05) is 0 Å². The van der Waals surface area contributed by atoms with Gasteiger partial charge in [-0.25, -0.2) is 4.39 Å². The summed E-state index contributed by atoms with van der Waals surface area (Å²) >= 11 is 5.07. The van der Waals surface area contributed by atoms with E-state index in [1.165, 1.54) is 18.2 Å². The number of halogens is 1. The smallest absolute Gasteiger partial charge is 0.262 e. The van der Waals surface area contributed by atoms with Gasteiger partial charge in [0.1, 0.15) is 5.82 Å². The molecule has 0 spiro atoms. The van der Waals surface area contributed by atoms with Crippen molar-refractivity contribution in [2.24, 2.45) is 0 Å². The van der Waals surface area contributed by atoms with Gasteiger partial charge >= 0.3 is 0 Å². The van der Waals surface area contributed by atoms with Gasteiger partial charge in [-0.1, -0.05) is 18.2 Å². The first-order valence-electron chi connectivity index (χ1n) is 8.00. The third-order valence-electron chi connectivity index (χ3n) is 3.50. The minimum Gasteiger partial charge on any atom is -0.493 e. The molecule has 2 rings (SSSR count). The standard InChI is InChI=1S/C19H20FN3O3S/c1-25-16-9-5-13(11-17(16)26-2)6-10-18(24)22-23-19(27)21-12-14-3-7-15(20)8-4-14/h3-11H,12H2,1-2H3,(H,22,24)(H2,21,23,27)/b10-6+. The second-order valence-electron chi connectivity index (χ2n) is 5.37. The third kappa shape index (κ3) is 6.59. The molecule has 0 atom stereocenters. The molecule has 0 aliphatic carbocycles. The maximum Gasteiger partial charge on any atom is 0.262 e. The number of hydrogen-bond acceptors (Lipinski definition) is 4. The number of benzene rings is 2. The summed E-state index contributed by atoms with van der Waals surface area (Å²) < 4.78 is 23.2. The quantitative estimate of drug-likeness (QED) is 0.401. The van der Waals surface area contributed by atoms with Crippen LogP contribution in [0.1, 0.15) is 11.1 Å². The molecule has 0 saturated carbocycles. The van der Waals surface area contributed by atoms with Crippen LogP contribution in [0.25, 0.3) is 6.08 Å². The number of rotatable bonds is 6. The van der Waals surface area contributed by atoms with Crippen molar-refractivity contribution < 1.29 is 18.7 Å². The van der Waals surface area contributed by atoms with Crippen molar-refractivity contribution in [1.29, 1.82) is 0 Å². The van der Waals surface area contributed by atoms with Crippen molar-refractivity contribution in [3.63, 3.8) is 0 Å². The van der Waals surface area contributed by atoms with E-state index in [2.05, 4.69) is 16.2 Å². The lowest BCUT2D eigenvalue weighted by Crippen LogP contribution is -2.45. The highest BCUT2D eigenvalue weighted by atomic mass is 32.1. The van der Waals surface area contributed by atoms with E-state index >= 15 is 0 Å². The minimum atomic E-state index is -0.379. The zero-order valence-electron chi connectivity index (χ0n) is 14.9. The Morgan fingerprint density at radius 2 is 1.78 bits per heavy atom. The summed E-state index contributed by atoms with van der Waals surface area (Å²) in [5, 5.41) is 3.15. The largest absolute Gasteiger partial charge is 0.493 e. The van der Waals surface area contributed by atoms with Crippen LogP contribution in [0, 0.1) is 5.82 Å². The molecule has 0 bridgehead atoms. The third-order valence-corrected chi connectivity index (χ3v) is 3.75. The lowest BCUT2D eigenvalue weighted by atomic mass is 10.2. The number of hydrazine groups is 1. The van der Waals surface area contributed by atoms with Crippen molar-refractivity contribution >= 4 is 29.3 Å². The molecule has 0 saturated heterocycles. The molecular weight excluding hydrogens is 369 g/mol. The van der Waals surface area contributed by atoms with Gasteiger partial charge in [0.15, 0.2) is 16.6 Å². The predicted octanol–water partition coefficient (Wildman–Crippen LogP) is 2.55. The van der Waals surface area contributed by atoms with Crippen LogP contribution in [-0.2, 0) is 11.3 Å². The van der Waals surface area contributed by atoms with E-state index in [1.54, 1.807) is 50.6 Å². The van der Waals surface area contributed by atoms with Gasteiger partial charge in [-0.15, -0.1) is 0 Å². The number of carbonyl (C=O) groups is 1. The maximum absolute atomic E-state index is 12.8. The van der Waals surface area contributed by atoms with Gasteiger partial charge in [0, 0.05) is 12.6 Å². The Kier molecular flexibility index (Phi) is 7.57. The van der Waals surface area contributed by atoms with Crippen LogP contribution in [0.5, 0.6) is 11.5 Å². The van der Waals surface area contributed by atoms with Gasteiger partial charge in [-0.3, -0.25) is 15.6 Å². The summed E-state index contributed by atoms with van der Waals surface area (Å²) in [6.07, 6.45) is 2.99. The maximum atomic E-state index is 12.8. The lowest BCUT2D eigenvalue weighted by molar-refractivity contribution is -0.116. The summed E-state index contributed by atoms with van der Waals surface area (Å²) in [6, 6.07) is 11.3. The number of nitrogens with one attached hydrogen (secondary N) is 3. The van der Waals surface area contributed by atoms with Gasteiger partial charge < -0.3 is 14.8 Å². The molecule has 1 amide bonds. The van der Waals surface area contributed by atoms with Crippen molar-refractivity contribution in [3.8, 4) is 11.5 Å². The fraction of sp³-hybridized carbons (Fsp3) is 0.158. The predicted molar refractivity (Wildman–Crippen MR) is 106 cm³/mol. The summed E-state index contributed by atoms with van der Waals surface area (Å²) in [7, 11) is 3.10. The second-order valence-corrected chi connectivity index (χ2v) is 5.78. The Labute approximate surface area is 162 Å². The number of methoxy groups -OCH3 is 2. The molecule has 0 aromatic heterocycles. The summed E-state index contributed by atoms with van der Waals surface area (Å²) in [5.41, 5.74) is 6.68. The Morgan fingerprint density at radius 3 is 2.44 bits per heavy atom. The molecule has 0 heterocycles. The molecule has 0 unspecified atom stereocenters. The number of amides is 1. The summed E-state index contributed by atoms with van der Waals surface area (Å²) in [4.78, 5) is 11.9. The number of ether oxygens (including phenoxy) is 2. The van der Waals surface area contributed by atoms with Crippen LogP contribution >= 0.6 is 12.2 Å². The Morgan fingerprint density at radius 1 is 1.07 bits per heavy atom. The molecule has 142 valence electrons. The zero-order chi connectivity index (χ0) is 19.6. The van der Waals surface area contributed by atoms with Crippen molar-refractivity contribution in [2.75, 3.05) is 14.2 Å². The van der Waals surface area contributed by atoms with Crippen molar-refractivity contribution in [3.05, 3.63) is 65.5 Å². The normalized spacial score (nSPS) is 10.3. The van der Waals surface area contributed by atoms with Crippen molar-refractivity contribution in [1.82, 2.24) is 16.2 Å². The SMILES string of the molecule is COc1ccc(/C=C/C(=O)NNC(=S)NCc2ccc(F)cc2)cc1OC. The van der Waals surface area contributed by atoms with E-state index in [4.69, 9.17) is 21.7 Å². The fourth-order valence-corrected chi connectivity index (χ4v) is 2.24. The van der Waals surface area contributed by atoms with Gasteiger partial charge in [0.05, 0.1) is 14.2 Å². The monoisotopic (exact) mass is 389 g/mol. The molecule has 0 aliphatic rings. The van der Waals surface area contributed by atoms with E-state index in [0.29, 0.717) is 18.0 Å². The summed E-state index contributed by atoms with van der Waals surface area (Å²) in [5.74, 6) is 0.506. The Bertz CT molecular complexity index is 825. The Hall–Kier alpha value is -3.13. The molecule has 27 heavy (non-hydrogen) atoms. The first-order valence-corrected chi connectivity index (χ1v) is 8.41. The van der Waals surface area contributed by atoms with Crippen LogP contribution in [0.2, 0.25) is 0 Å². The highest BCUT2D eigenvalue weighted by Crippen LogP contribution is 2.27. The molecule has 0 aliphatic heterocycles. The van der Waals surface area contributed by atoms with E-state index in [9.17, 15) is 9.18 Å². The lowest BCUT2D eigenvalue weighted by Gasteiger charge is -2.10. The Balaban J connectivity index is 1.78. The second kappa shape index (κ2) is 10.1.